The van der Waals surface area contributed by atoms with Gasteiger partial charge >= 0.3 is 12.1 Å². The third-order valence-corrected chi connectivity index (χ3v) is 7.01. The van der Waals surface area contributed by atoms with Gasteiger partial charge in [0, 0.05) is 10.9 Å². The van der Waals surface area contributed by atoms with E-state index >= 15 is 0 Å². The fourth-order valence-corrected chi connectivity index (χ4v) is 5.11. The smallest absolute Gasteiger partial charge is 0.417 e. The van der Waals surface area contributed by atoms with Gasteiger partial charge in [0.15, 0.2) is 0 Å². The molecule has 0 saturated carbocycles. The summed E-state index contributed by atoms with van der Waals surface area (Å²) in [7, 11) is 1.49. The maximum Gasteiger partial charge on any atom is 0.417 e. The summed E-state index contributed by atoms with van der Waals surface area (Å²) in [4.78, 5) is 18.8. The van der Waals surface area contributed by atoms with Gasteiger partial charge in [0.1, 0.15) is 15.5 Å². The van der Waals surface area contributed by atoms with E-state index in [1.807, 2.05) is 5.01 Å². The number of ether oxygens (including phenoxy) is 1. The molecule has 3 aromatic heterocycles. The van der Waals surface area contributed by atoms with Crippen LogP contribution in [0, 0.1) is 0 Å². The summed E-state index contributed by atoms with van der Waals surface area (Å²) in [6, 6.07) is 7.42. The number of aromatic nitrogens is 3. The zero-order valence-corrected chi connectivity index (χ0v) is 19.9. The van der Waals surface area contributed by atoms with Crippen LogP contribution in [0.3, 0.4) is 0 Å². The van der Waals surface area contributed by atoms with Gasteiger partial charge in [-0.15, -0.1) is 11.3 Å². The number of fused-ring (bicyclic) bond motifs is 1. The van der Waals surface area contributed by atoms with Crippen LogP contribution in [-0.4, -0.2) is 36.4 Å². The number of anilines is 2. The number of alkyl halides is 3. The minimum Gasteiger partial charge on any atom is -0.497 e. The van der Waals surface area contributed by atoms with Crippen molar-refractivity contribution in [2.75, 3.05) is 36.3 Å². The highest BCUT2D eigenvalue weighted by Crippen LogP contribution is 2.43. The predicted molar refractivity (Wildman–Crippen MR) is 127 cm³/mol. The second-order valence-electron chi connectivity index (χ2n) is 8.26. The molecule has 1 aliphatic heterocycles. The van der Waals surface area contributed by atoms with Crippen LogP contribution >= 0.6 is 11.3 Å². The average molecular weight is 520 g/mol. The summed E-state index contributed by atoms with van der Waals surface area (Å²) in [5, 5.41) is 8.10. The predicted octanol–water partition coefficient (Wildman–Crippen LogP) is 4.22. The summed E-state index contributed by atoms with van der Waals surface area (Å²) in [5.74, 6) is -0.105. The van der Waals surface area contributed by atoms with Crippen molar-refractivity contribution in [1.29, 1.82) is 0 Å². The van der Waals surface area contributed by atoms with Gasteiger partial charge in [-0.05, 0) is 49.6 Å². The van der Waals surface area contributed by atoms with Crippen LogP contribution in [0.1, 0.15) is 34.5 Å². The van der Waals surface area contributed by atoms with Gasteiger partial charge in [0.05, 0.1) is 41.9 Å². The van der Waals surface area contributed by atoms with E-state index in [1.54, 1.807) is 24.3 Å². The lowest BCUT2D eigenvalue weighted by atomic mass is 10.1. The van der Waals surface area contributed by atoms with E-state index in [2.05, 4.69) is 15.6 Å². The van der Waals surface area contributed by atoms with Gasteiger partial charge in [-0.3, -0.25) is 14.6 Å². The standard InChI is InChI=1S/C23H21F3N6O3S/c1-34-14-7-5-13(6-8-14)16-11-15(23(24,25)26)18-19(27)20(36-22(18)28-16)21(33)29-17-12-32(30-35-17)31-9-3-2-4-10-31/h5-8,11-12H,2-4,9-10H2,1H3,(H2-,27,29,30,33)/p+1. The van der Waals surface area contributed by atoms with Crippen molar-refractivity contribution >= 4 is 39.0 Å². The molecule has 13 heteroatoms. The van der Waals surface area contributed by atoms with Crippen molar-refractivity contribution < 1.29 is 32.0 Å². The Morgan fingerprint density at radius 2 is 1.94 bits per heavy atom. The van der Waals surface area contributed by atoms with Crippen molar-refractivity contribution in [3.63, 3.8) is 0 Å². The van der Waals surface area contributed by atoms with Crippen molar-refractivity contribution in [3.8, 4) is 17.0 Å². The highest BCUT2D eigenvalue weighted by atomic mass is 32.1. The molecule has 0 atom stereocenters. The lowest BCUT2D eigenvalue weighted by Gasteiger charge is -2.17. The average Bonchev–Trinajstić information content (AvgIpc) is 3.48. The number of methoxy groups -OCH3 is 1. The first-order chi connectivity index (χ1) is 17.2. The van der Waals surface area contributed by atoms with E-state index in [0.29, 0.717) is 11.3 Å². The lowest BCUT2D eigenvalue weighted by molar-refractivity contribution is -0.759. The van der Waals surface area contributed by atoms with Gasteiger partial charge in [0.2, 0.25) is 5.27 Å². The van der Waals surface area contributed by atoms with E-state index in [0.717, 1.165) is 49.8 Å². The zero-order chi connectivity index (χ0) is 25.4. The van der Waals surface area contributed by atoms with Gasteiger partial charge in [-0.25, -0.2) is 4.98 Å². The van der Waals surface area contributed by atoms with Crippen molar-refractivity contribution in [2.45, 2.75) is 25.4 Å². The molecule has 0 spiro atoms. The number of rotatable bonds is 5. The molecule has 1 amide bonds. The summed E-state index contributed by atoms with van der Waals surface area (Å²) >= 11 is 0.781. The number of hydrogen-bond acceptors (Lipinski definition) is 8. The molecular formula is C23H22F3N6O3S+. The Morgan fingerprint density at radius 3 is 2.61 bits per heavy atom. The second-order valence-corrected chi connectivity index (χ2v) is 9.26. The Labute approximate surface area is 207 Å². The van der Waals surface area contributed by atoms with Gasteiger partial charge < -0.3 is 10.5 Å². The summed E-state index contributed by atoms with van der Waals surface area (Å²) in [6.07, 6.45) is -0.0259. The van der Waals surface area contributed by atoms with Crippen LogP contribution in [0.25, 0.3) is 21.5 Å². The molecule has 0 aliphatic carbocycles. The van der Waals surface area contributed by atoms with Gasteiger partial charge in [-0.2, -0.15) is 18.2 Å². The number of amides is 1. The number of pyridine rings is 1. The minimum absolute atomic E-state index is 0.000700. The molecule has 1 saturated heterocycles. The summed E-state index contributed by atoms with van der Waals surface area (Å²) < 4.78 is 52.4. The molecule has 0 radical (unpaired) electrons. The van der Waals surface area contributed by atoms with Gasteiger partial charge in [0.25, 0.3) is 12.1 Å². The van der Waals surface area contributed by atoms with Crippen LogP contribution < -0.4 is 25.6 Å². The fourth-order valence-electron chi connectivity index (χ4n) is 4.10. The number of nitrogen functional groups attached to an aromatic ring is 1. The Kier molecular flexibility index (Phi) is 6.16. The molecule has 36 heavy (non-hydrogen) atoms. The van der Waals surface area contributed by atoms with Gasteiger partial charge in [-0.1, -0.05) is 0 Å². The van der Waals surface area contributed by atoms with E-state index in [-0.39, 0.29) is 32.4 Å². The maximum atomic E-state index is 14.0. The highest BCUT2D eigenvalue weighted by Gasteiger charge is 2.36. The number of nitrogens with zero attached hydrogens (tertiary/aromatic N) is 4. The molecule has 4 aromatic rings. The van der Waals surface area contributed by atoms with E-state index in [9.17, 15) is 18.0 Å². The molecule has 0 bridgehead atoms. The molecule has 9 nitrogen and oxygen atoms in total. The fraction of sp³-hybridized carbons (Fsp3) is 0.304. The van der Waals surface area contributed by atoms with Crippen LogP contribution in [0.4, 0.5) is 24.7 Å². The van der Waals surface area contributed by atoms with Crippen molar-refractivity contribution in [1.82, 2.24) is 10.3 Å². The van der Waals surface area contributed by atoms with Crippen LogP contribution in [-0.2, 0) is 6.18 Å². The highest BCUT2D eigenvalue weighted by molar-refractivity contribution is 7.21. The van der Waals surface area contributed by atoms with E-state index in [1.165, 1.54) is 18.1 Å². The number of carbonyl (C=O) groups is 1. The van der Waals surface area contributed by atoms with Crippen LogP contribution in [0.2, 0.25) is 0 Å². The topological polar surface area (TPSA) is 110 Å². The number of piperidine rings is 1. The first-order valence-corrected chi connectivity index (χ1v) is 12.0. The Balaban J connectivity index is 1.49. The largest absolute Gasteiger partial charge is 0.497 e. The molecule has 4 heterocycles. The van der Waals surface area contributed by atoms with E-state index in [4.69, 9.17) is 15.0 Å². The molecule has 1 aliphatic rings. The first-order valence-electron chi connectivity index (χ1n) is 11.1. The first kappa shape index (κ1) is 23.9. The quantitative estimate of drug-likeness (QED) is 0.380. The molecule has 0 unspecified atom stereocenters. The maximum absolute atomic E-state index is 14.0. The normalized spacial score (nSPS) is 14.3. The SMILES string of the molecule is COc1ccc(-c2cc(C(F)(F)F)c3c(N)c(C(=O)Nc4c[n+](N5CCCCC5)no4)sc3n2)cc1. The molecular weight excluding hydrogens is 497 g/mol. The molecule has 188 valence electrons. The number of benzene rings is 1. The Bertz CT molecular complexity index is 1410. The van der Waals surface area contributed by atoms with Crippen LogP contribution in [0.15, 0.2) is 41.1 Å². The monoisotopic (exact) mass is 519 g/mol. The molecule has 1 aromatic carbocycles. The Morgan fingerprint density at radius 1 is 1.22 bits per heavy atom. The third kappa shape index (κ3) is 4.53. The number of nitrogens with one attached hydrogen (secondary N) is 1. The zero-order valence-electron chi connectivity index (χ0n) is 19.1. The minimum atomic E-state index is -4.71. The number of hydrogen-bond donors (Lipinski definition) is 2. The van der Waals surface area contributed by atoms with Crippen LogP contribution in [0.5, 0.6) is 5.75 Å². The van der Waals surface area contributed by atoms with E-state index < -0.39 is 17.6 Å². The second kappa shape index (κ2) is 9.30. The summed E-state index contributed by atoms with van der Waals surface area (Å²) in [6.45, 7) is 1.60. The number of carbonyl (C=O) groups excluding carboxylic acids is 1. The molecule has 5 rings (SSSR count). The number of halogens is 3. The number of thiophene rings is 1. The lowest BCUT2D eigenvalue weighted by Crippen LogP contribution is -2.60. The molecule has 3 N–H and O–H groups in total. The molecule has 1 fully saturated rings. The third-order valence-electron chi connectivity index (χ3n) is 5.91. The summed E-state index contributed by atoms with van der Waals surface area (Å²) in [5.41, 5.74) is 5.38. The Hall–Kier alpha value is -3.87. The number of nitrogens with two attached hydrogens (primary N) is 1. The van der Waals surface area contributed by atoms with Crippen molar-refractivity contribution in [2.24, 2.45) is 0 Å². The van der Waals surface area contributed by atoms with Crippen molar-refractivity contribution in [3.05, 3.63) is 47.0 Å².